The summed E-state index contributed by atoms with van der Waals surface area (Å²) in [7, 11) is 0. The smallest absolute Gasteiger partial charge is 0.234 e. The van der Waals surface area contributed by atoms with Gasteiger partial charge in [0.15, 0.2) is 0 Å². The molecule has 1 aromatic carbocycles. The molecule has 5 nitrogen and oxygen atoms in total. The van der Waals surface area contributed by atoms with Crippen molar-refractivity contribution in [3.63, 3.8) is 0 Å². The number of benzene rings is 1. The first-order chi connectivity index (χ1) is 11.3. The summed E-state index contributed by atoms with van der Waals surface area (Å²) in [5.74, 6) is 0.869. The van der Waals surface area contributed by atoms with Gasteiger partial charge in [0, 0.05) is 19.6 Å². The molecule has 1 aromatic rings. The van der Waals surface area contributed by atoms with E-state index in [0.717, 1.165) is 50.9 Å². The second-order valence-corrected chi connectivity index (χ2v) is 6.52. The van der Waals surface area contributed by atoms with Crippen molar-refractivity contribution < 1.29 is 9.53 Å². The maximum absolute atomic E-state index is 12.3. The van der Waals surface area contributed by atoms with Crippen molar-refractivity contribution >= 4 is 5.91 Å². The third-order valence-corrected chi connectivity index (χ3v) is 4.50. The number of hydrogen-bond acceptors (Lipinski definition) is 4. The molecule has 23 heavy (non-hydrogen) atoms. The van der Waals surface area contributed by atoms with Crippen LogP contribution in [0.5, 0.6) is 0 Å². The zero-order chi connectivity index (χ0) is 15.9. The van der Waals surface area contributed by atoms with Crippen molar-refractivity contribution in [3.8, 4) is 0 Å². The monoisotopic (exact) mass is 317 g/mol. The van der Waals surface area contributed by atoms with Crippen molar-refractivity contribution in [2.45, 2.75) is 18.9 Å². The van der Waals surface area contributed by atoms with E-state index in [4.69, 9.17) is 4.74 Å². The summed E-state index contributed by atoms with van der Waals surface area (Å²) in [6, 6.07) is 10.3. The molecule has 1 aliphatic heterocycles. The van der Waals surface area contributed by atoms with E-state index in [-0.39, 0.29) is 11.9 Å². The Morgan fingerprint density at radius 2 is 1.96 bits per heavy atom. The maximum atomic E-state index is 12.3. The highest BCUT2D eigenvalue weighted by atomic mass is 16.5. The summed E-state index contributed by atoms with van der Waals surface area (Å²) in [5, 5.41) is 6.45. The van der Waals surface area contributed by atoms with Gasteiger partial charge in [-0.2, -0.15) is 0 Å². The van der Waals surface area contributed by atoms with Crippen LogP contribution < -0.4 is 10.6 Å². The van der Waals surface area contributed by atoms with Gasteiger partial charge in [-0.1, -0.05) is 30.3 Å². The van der Waals surface area contributed by atoms with E-state index in [9.17, 15) is 4.79 Å². The Morgan fingerprint density at radius 1 is 1.22 bits per heavy atom. The molecule has 0 bridgehead atoms. The number of hydrogen-bond donors (Lipinski definition) is 2. The molecule has 126 valence electrons. The molecule has 5 heteroatoms. The largest absolute Gasteiger partial charge is 0.379 e. The number of rotatable bonds is 8. The lowest BCUT2D eigenvalue weighted by molar-refractivity contribution is -0.121. The standard InChI is InChI=1S/C18H27N3O2/c22-18(13-19-12-15-6-7-15)20-17(16-4-2-1-3-5-16)14-21-8-10-23-11-9-21/h1-5,15,17,19H,6-14H2,(H,20,22). The average molecular weight is 317 g/mol. The van der Waals surface area contributed by atoms with Crippen molar-refractivity contribution in [2.75, 3.05) is 45.9 Å². The molecule has 0 spiro atoms. The lowest BCUT2D eigenvalue weighted by Gasteiger charge is -2.31. The molecule has 2 aliphatic rings. The van der Waals surface area contributed by atoms with Crippen LogP contribution in [0.2, 0.25) is 0 Å². The fourth-order valence-corrected chi connectivity index (χ4v) is 2.92. The van der Waals surface area contributed by atoms with Gasteiger partial charge in [0.25, 0.3) is 0 Å². The maximum Gasteiger partial charge on any atom is 0.234 e. The van der Waals surface area contributed by atoms with E-state index in [1.165, 1.54) is 12.8 Å². The number of ether oxygens (including phenoxy) is 1. The van der Waals surface area contributed by atoms with Crippen molar-refractivity contribution in [2.24, 2.45) is 5.92 Å². The Bertz CT molecular complexity index is 484. The van der Waals surface area contributed by atoms with Crippen LogP contribution in [0.15, 0.2) is 30.3 Å². The first-order valence-corrected chi connectivity index (χ1v) is 8.66. The summed E-state index contributed by atoms with van der Waals surface area (Å²) in [5.41, 5.74) is 1.16. The summed E-state index contributed by atoms with van der Waals surface area (Å²) < 4.78 is 5.41. The Labute approximate surface area is 138 Å². The molecule has 1 saturated carbocycles. The second-order valence-electron chi connectivity index (χ2n) is 6.52. The third-order valence-electron chi connectivity index (χ3n) is 4.50. The van der Waals surface area contributed by atoms with Crippen LogP contribution in [0.25, 0.3) is 0 Å². The highest BCUT2D eigenvalue weighted by Gasteiger charge is 2.22. The van der Waals surface area contributed by atoms with E-state index in [1.807, 2.05) is 18.2 Å². The van der Waals surface area contributed by atoms with Crippen LogP contribution in [0.1, 0.15) is 24.4 Å². The summed E-state index contributed by atoms with van der Waals surface area (Å²) in [6.45, 7) is 5.62. The Hall–Kier alpha value is -1.43. The van der Waals surface area contributed by atoms with E-state index in [0.29, 0.717) is 6.54 Å². The quantitative estimate of drug-likeness (QED) is 0.756. The van der Waals surface area contributed by atoms with Crippen LogP contribution >= 0.6 is 0 Å². The molecule has 2 fully saturated rings. The molecule has 1 saturated heterocycles. The first-order valence-electron chi connectivity index (χ1n) is 8.66. The number of amides is 1. The summed E-state index contributed by atoms with van der Waals surface area (Å²) in [6.07, 6.45) is 2.61. The molecule has 0 radical (unpaired) electrons. The molecule has 1 amide bonds. The predicted molar refractivity (Wildman–Crippen MR) is 90.2 cm³/mol. The molecule has 3 rings (SSSR count). The van der Waals surface area contributed by atoms with Gasteiger partial charge < -0.3 is 15.4 Å². The average Bonchev–Trinajstić information content (AvgIpc) is 3.40. The van der Waals surface area contributed by atoms with E-state index >= 15 is 0 Å². The van der Waals surface area contributed by atoms with Crippen LogP contribution in [0, 0.1) is 5.92 Å². The Kier molecular flexibility index (Phi) is 6.02. The van der Waals surface area contributed by atoms with E-state index in [1.54, 1.807) is 0 Å². The number of nitrogens with one attached hydrogen (secondary N) is 2. The van der Waals surface area contributed by atoms with Gasteiger partial charge in [-0.3, -0.25) is 9.69 Å². The Morgan fingerprint density at radius 3 is 2.65 bits per heavy atom. The van der Waals surface area contributed by atoms with Crippen molar-refractivity contribution in [1.82, 2.24) is 15.5 Å². The molecule has 1 unspecified atom stereocenters. The lowest BCUT2D eigenvalue weighted by Crippen LogP contribution is -2.45. The first kappa shape index (κ1) is 16.4. The van der Waals surface area contributed by atoms with Crippen LogP contribution in [0.3, 0.4) is 0 Å². The van der Waals surface area contributed by atoms with Gasteiger partial charge in [-0.15, -0.1) is 0 Å². The van der Waals surface area contributed by atoms with Gasteiger partial charge >= 0.3 is 0 Å². The predicted octanol–water partition coefficient (Wildman–Crippen LogP) is 1.18. The molecular formula is C18H27N3O2. The highest BCUT2D eigenvalue weighted by Crippen LogP contribution is 2.27. The number of carbonyl (C=O) groups is 1. The topological polar surface area (TPSA) is 53.6 Å². The number of morpholine rings is 1. The van der Waals surface area contributed by atoms with Crippen LogP contribution in [-0.2, 0) is 9.53 Å². The van der Waals surface area contributed by atoms with Gasteiger partial charge in [-0.25, -0.2) is 0 Å². The van der Waals surface area contributed by atoms with Crippen LogP contribution in [0.4, 0.5) is 0 Å². The molecule has 1 atom stereocenters. The Balaban J connectivity index is 1.53. The SMILES string of the molecule is O=C(CNCC1CC1)NC(CN1CCOCC1)c1ccccc1. The zero-order valence-corrected chi connectivity index (χ0v) is 13.7. The van der Waals surface area contributed by atoms with E-state index < -0.39 is 0 Å². The molecule has 1 heterocycles. The van der Waals surface area contributed by atoms with Gasteiger partial charge in [-0.05, 0) is 30.9 Å². The minimum Gasteiger partial charge on any atom is -0.379 e. The van der Waals surface area contributed by atoms with Gasteiger partial charge in [0.1, 0.15) is 0 Å². The van der Waals surface area contributed by atoms with Gasteiger partial charge in [0.2, 0.25) is 5.91 Å². The molecule has 1 aliphatic carbocycles. The number of carbonyl (C=O) groups excluding carboxylic acids is 1. The molecular weight excluding hydrogens is 290 g/mol. The second kappa shape index (κ2) is 8.43. The molecule has 0 aromatic heterocycles. The minimum absolute atomic E-state index is 0.0320. The van der Waals surface area contributed by atoms with E-state index in [2.05, 4.69) is 27.7 Å². The molecule has 2 N–H and O–H groups in total. The summed E-state index contributed by atoms with van der Waals surface area (Å²) >= 11 is 0. The fraction of sp³-hybridized carbons (Fsp3) is 0.611. The lowest BCUT2D eigenvalue weighted by atomic mass is 10.1. The highest BCUT2D eigenvalue weighted by molar-refractivity contribution is 5.78. The van der Waals surface area contributed by atoms with Crippen molar-refractivity contribution in [3.05, 3.63) is 35.9 Å². The normalized spacial score (nSPS) is 20.2. The third kappa shape index (κ3) is 5.61. The number of nitrogens with zero attached hydrogens (tertiary/aromatic N) is 1. The van der Waals surface area contributed by atoms with Crippen molar-refractivity contribution in [1.29, 1.82) is 0 Å². The van der Waals surface area contributed by atoms with Gasteiger partial charge in [0.05, 0.1) is 25.8 Å². The minimum atomic E-state index is 0.0320. The fourth-order valence-electron chi connectivity index (χ4n) is 2.92. The summed E-state index contributed by atoms with van der Waals surface area (Å²) in [4.78, 5) is 14.6. The zero-order valence-electron chi connectivity index (χ0n) is 13.7. The van der Waals surface area contributed by atoms with Crippen LogP contribution in [-0.4, -0.2) is 56.7 Å².